The fourth-order valence-corrected chi connectivity index (χ4v) is 5.94. The van der Waals surface area contributed by atoms with E-state index in [9.17, 15) is 18.0 Å². The molecule has 0 aliphatic heterocycles. The lowest BCUT2D eigenvalue weighted by Gasteiger charge is -2.32. The van der Waals surface area contributed by atoms with Crippen LogP contribution in [-0.2, 0) is 26.2 Å². The zero-order valence-corrected chi connectivity index (χ0v) is 25.6. The number of hydrogen-bond donors (Lipinski definition) is 1. The van der Waals surface area contributed by atoms with Gasteiger partial charge in [0.15, 0.2) is 0 Å². The van der Waals surface area contributed by atoms with Crippen LogP contribution in [0.5, 0.6) is 0 Å². The van der Waals surface area contributed by atoms with Gasteiger partial charge in [-0.05, 0) is 62.2 Å². The highest BCUT2D eigenvalue weighted by Crippen LogP contribution is 2.35. The molecule has 1 atom stereocenters. The van der Waals surface area contributed by atoms with Gasteiger partial charge in [-0.2, -0.15) is 0 Å². The highest BCUT2D eigenvalue weighted by molar-refractivity contribution is 7.92. The molecule has 0 heterocycles. The molecule has 1 unspecified atom stereocenters. The van der Waals surface area contributed by atoms with Crippen molar-refractivity contribution in [2.45, 2.75) is 51.1 Å². The molecule has 0 radical (unpaired) electrons. The SMILES string of the molecule is CCCCNC(=O)C(C)N(Cc1ccc(Cl)cc1)C(=O)CN(c1cccc(Cl)c1Cl)S(=O)(=O)c1ccc(C)cc1. The molecule has 214 valence electrons. The average Bonchev–Trinajstić information content (AvgIpc) is 2.93. The van der Waals surface area contributed by atoms with E-state index >= 15 is 0 Å². The number of nitrogens with zero attached hydrogens (tertiary/aromatic N) is 2. The second-order valence-corrected chi connectivity index (χ2v) is 12.5. The molecule has 11 heteroatoms. The predicted molar refractivity (Wildman–Crippen MR) is 162 cm³/mol. The van der Waals surface area contributed by atoms with Gasteiger partial charge < -0.3 is 10.2 Å². The second-order valence-electron chi connectivity index (χ2n) is 9.37. The van der Waals surface area contributed by atoms with E-state index in [1.807, 2.05) is 13.8 Å². The van der Waals surface area contributed by atoms with Gasteiger partial charge in [0.1, 0.15) is 12.6 Å². The summed E-state index contributed by atoms with van der Waals surface area (Å²) in [5, 5.41) is 3.50. The molecule has 7 nitrogen and oxygen atoms in total. The third-order valence-corrected chi connectivity index (χ3v) is 9.19. The summed E-state index contributed by atoms with van der Waals surface area (Å²) < 4.78 is 28.7. The van der Waals surface area contributed by atoms with Crippen LogP contribution in [0.25, 0.3) is 0 Å². The fraction of sp³-hybridized carbons (Fsp3) is 0.310. The topological polar surface area (TPSA) is 86.8 Å². The molecule has 0 aromatic heterocycles. The Balaban J connectivity index is 2.04. The standard InChI is InChI=1S/C29H32Cl3N3O4S/c1-4-5-17-33-29(37)21(3)34(18-22-11-13-23(30)14-12-22)27(36)19-35(26-8-6-7-25(31)28(26)32)40(38,39)24-15-9-20(2)10-16-24/h6-16,21H,4-5,17-19H2,1-3H3,(H,33,37). The van der Waals surface area contributed by atoms with Crippen molar-refractivity contribution in [3.8, 4) is 0 Å². The molecule has 3 aromatic rings. The summed E-state index contributed by atoms with van der Waals surface area (Å²) in [5.74, 6) is -0.940. The Morgan fingerprint density at radius 2 is 1.60 bits per heavy atom. The van der Waals surface area contributed by atoms with E-state index in [2.05, 4.69) is 5.32 Å². The van der Waals surface area contributed by atoms with Gasteiger partial charge in [0.05, 0.1) is 20.6 Å². The summed E-state index contributed by atoms with van der Waals surface area (Å²) in [6.07, 6.45) is 1.69. The van der Waals surface area contributed by atoms with Crippen LogP contribution >= 0.6 is 34.8 Å². The van der Waals surface area contributed by atoms with Crippen molar-refractivity contribution in [3.05, 3.63) is 92.9 Å². The van der Waals surface area contributed by atoms with Crippen LogP contribution in [0, 0.1) is 6.92 Å². The van der Waals surface area contributed by atoms with E-state index in [1.54, 1.807) is 49.4 Å². The molecule has 0 aliphatic rings. The van der Waals surface area contributed by atoms with Crippen LogP contribution in [0.15, 0.2) is 71.6 Å². The quantitative estimate of drug-likeness (QED) is 0.234. The number of halogens is 3. The third-order valence-electron chi connectivity index (χ3n) is 6.35. The van der Waals surface area contributed by atoms with Crippen LogP contribution in [0.2, 0.25) is 15.1 Å². The monoisotopic (exact) mass is 623 g/mol. The maximum absolute atomic E-state index is 13.9. The molecule has 3 aromatic carbocycles. The van der Waals surface area contributed by atoms with Gasteiger partial charge in [-0.15, -0.1) is 0 Å². The fourth-order valence-electron chi connectivity index (χ4n) is 3.94. The highest BCUT2D eigenvalue weighted by Gasteiger charge is 2.33. The molecular formula is C29H32Cl3N3O4S. The Labute approximate surface area is 251 Å². The van der Waals surface area contributed by atoms with Crippen molar-refractivity contribution in [2.75, 3.05) is 17.4 Å². The van der Waals surface area contributed by atoms with Gasteiger partial charge in [0, 0.05) is 18.1 Å². The van der Waals surface area contributed by atoms with Crippen LogP contribution in [0.1, 0.15) is 37.8 Å². The molecule has 2 amide bonds. The van der Waals surface area contributed by atoms with Crippen molar-refractivity contribution >= 4 is 62.3 Å². The Morgan fingerprint density at radius 3 is 2.23 bits per heavy atom. The van der Waals surface area contributed by atoms with Gasteiger partial charge >= 0.3 is 0 Å². The first-order valence-electron chi connectivity index (χ1n) is 12.8. The Morgan fingerprint density at radius 1 is 0.950 bits per heavy atom. The minimum atomic E-state index is -4.26. The summed E-state index contributed by atoms with van der Waals surface area (Å²) in [7, 11) is -4.26. The first kappa shape index (κ1) is 31.7. The number of aryl methyl sites for hydroxylation is 1. The first-order valence-corrected chi connectivity index (χ1v) is 15.4. The van der Waals surface area contributed by atoms with Gasteiger partial charge in [-0.1, -0.05) is 84.0 Å². The van der Waals surface area contributed by atoms with E-state index in [0.29, 0.717) is 11.6 Å². The molecule has 0 fully saturated rings. The maximum atomic E-state index is 13.9. The molecule has 0 saturated carbocycles. The third kappa shape index (κ3) is 7.91. The van der Waals surface area contributed by atoms with Crippen molar-refractivity contribution < 1.29 is 18.0 Å². The Kier molecular flexibility index (Phi) is 11.3. The molecule has 3 rings (SSSR count). The summed E-state index contributed by atoms with van der Waals surface area (Å²) in [5.41, 5.74) is 1.65. The van der Waals surface area contributed by atoms with Crippen molar-refractivity contribution in [2.24, 2.45) is 0 Å². The number of rotatable bonds is 12. The lowest BCUT2D eigenvalue weighted by molar-refractivity contribution is -0.139. The minimum absolute atomic E-state index is 0.0118. The number of nitrogens with one attached hydrogen (secondary N) is 1. The predicted octanol–water partition coefficient (Wildman–Crippen LogP) is 6.48. The Bertz CT molecular complexity index is 1430. The number of unbranched alkanes of at least 4 members (excludes halogenated alkanes) is 1. The smallest absolute Gasteiger partial charge is 0.264 e. The normalized spacial score (nSPS) is 12.1. The van der Waals surface area contributed by atoms with E-state index in [-0.39, 0.29) is 33.1 Å². The number of carbonyl (C=O) groups is 2. The first-order chi connectivity index (χ1) is 18.9. The van der Waals surface area contributed by atoms with Gasteiger partial charge in [0.25, 0.3) is 10.0 Å². The Hall–Kier alpha value is -2.78. The van der Waals surface area contributed by atoms with Crippen LogP contribution in [-0.4, -0.2) is 44.3 Å². The van der Waals surface area contributed by atoms with Gasteiger partial charge in [-0.3, -0.25) is 13.9 Å². The van der Waals surface area contributed by atoms with Gasteiger partial charge in [-0.25, -0.2) is 8.42 Å². The van der Waals surface area contributed by atoms with E-state index in [4.69, 9.17) is 34.8 Å². The molecule has 0 aliphatic carbocycles. The zero-order chi connectivity index (χ0) is 29.4. The molecule has 1 N–H and O–H groups in total. The average molecular weight is 625 g/mol. The van der Waals surface area contributed by atoms with Crippen LogP contribution in [0.4, 0.5) is 5.69 Å². The number of hydrogen-bond acceptors (Lipinski definition) is 4. The molecule has 0 bridgehead atoms. The molecule has 0 spiro atoms. The maximum Gasteiger partial charge on any atom is 0.264 e. The van der Waals surface area contributed by atoms with E-state index in [1.165, 1.54) is 29.2 Å². The van der Waals surface area contributed by atoms with Crippen molar-refractivity contribution in [3.63, 3.8) is 0 Å². The molecule has 40 heavy (non-hydrogen) atoms. The van der Waals surface area contributed by atoms with E-state index < -0.39 is 28.5 Å². The lowest BCUT2D eigenvalue weighted by Crippen LogP contribution is -2.51. The van der Waals surface area contributed by atoms with Crippen LogP contribution < -0.4 is 9.62 Å². The zero-order valence-electron chi connectivity index (χ0n) is 22.5. The largest absolute Gasteiger partial charge is 0.354 e. The van der Waals surface area contributed by atoms with Gasteiger partial charge in [0.2, 0.25) is 11.8 Å². The van der Waals surface area contributed by atoms with Crippen LogP contribution in [0.3, 0.4) is 0 Å². The summed E-state index contributed by atoms with van der Waals surface area (Å²) in [6, 6.07) is 16.8. The number of amides is 2. The number of benzene rings is 3. The van der Waals surface area contributed by atoms with Crippen molar-refractivity contribution in [1.29, 1.82) is 0 Å². The second kappa shape index (κ2) is 14.2. The van der Waals surface area contributed by atoms with Crippen molar-refractivity contribution in [1.82, 2.24) is 10.2 Å². The molecular weight excluding hydrogens is 593 g/mol. The number of anilines is 1. The summed E-state index contributed by atoms with van der Waals surface area (Å²) in [6.45, 7) is 5.37. The minimum Gasteiger partial charge on any atom is -0.354 e. The number of carbonyl (C=O) groups excluding carboxylic acids is 2. The summed E-state index contributed by atoms with van der Waals surface area (Å²) >= 11 is 18.7. The van der Waals surface area contributed by atoms with E-state index in [0.717, 1.165) is 28.3 Å². The number of sulfonamides is 1. The molecule has 0 saturated heterocycles. The summed E-state index contributed by atoms with van der Waals surface area (Å²) in [4.78, 5) is 28.3. The highest BCUT2D eigenvalue weighted by atomic mass is 35.5. The lowest BCUT2D eigenvalue weighted by atomic mass is 10.1.